The van der Waals surface area contributed by atoms with E-state index in [4.69, 9.17) is 9.47 Å². The number of esters is 2. The molecule has 0 aromatic heterocycles. The maximum Gasteiger partial charge on any atom is 0.330 e. The zero-order valence-electron chi connectivity index (χ0n) is 20.6. The molecule has 2 aliphatic carbocycles. The van der Waals surface area contributed by atoms with Gasteiger partial charge in [-0.05, 0) is 74.0 Å². The first-order chi connectivity index (χ1) is 15.5. The molecular formula is C28H46O4. The molecule has 2 aliphatic rings. The summed E-state index contributed by atoms with van der Waals surface area (Å²) in [6.07, 6.45) is 17.9. The zero-order chi connectivity index (χ0) is 23.3. The molecule has 0 aromatic carbocycles. The van der Waals surface area contributed by atoms with Crippen LogP contribution in [0.2, 0.25) is 0 Å². The van der Waals surface area contributed by atoms with Crippen LogP contribution in [0.5, 0.6) is 0 Å². The number of hydrogen-bond acceptors (Lipinski definition) is 4. The van der Waals surface area contributed by atoms with Crippen LogP contribution in [0.4, 0.5) is 0 Å². The molecule has 32 heavy (non-hydrogen) atoms. The Hall–Kier alpha value is -1.58. The second-order valence-corrected chi connectivity index (χ2v) is 10.2. The summed E-state index contributed by atoms with van der Waals surface area (Å²) < 4.78 is 10.6. The summed E-state index contributed by atoms with van der Waals surface area (Å²) in [7, 11) is 0. The Balaban J connectivity index is 1.66. The van der Waals surface area contributed by atoms with Crippen LogP contribution in [0.1, 0.15) is 90.9 Å². The first-order valence-corrected chi connectivity index (χ1v) is 13.1. The van der Waals surface area contributed by atoms with Crippen molar-refractivity contribution in [3.8, 4) is 0 Å². The molecule has 0 heterocycles. The molecule has 0 radical (unpaired) electrons. The zero-order valence-corrected chi connectivity index (χ0v) is 20.6. The highest BCUT2D eigenvalue weighted by atomic mass is 16.5. The number of carbonyl (C=O) groups excluding carboxylic acids is 2. The van der Waals surface area contributed by atoms with Gasteiger partial charge in [0.15, 0.2) is 0 Å². The van der Waals surface area contributed by atoms with E-state index in [9.17, 15) is 9.59 Å². The Morgan fingerprint density at radius 1 is 0.719 bits per heavy atom. The molecule has 0 bridgehead atoms. The summed E-state index contributed by atoms with van der Waals surface area (Å²) in [4.78, 5) is 22.7. The molecule has 4 nitrogen and oxygen atoms in total. The fraction of sp³-hybridized carbons (Fsp3) is 0.786. The van der Waals surface area contributed by atoms with Crippen LogP contribution in [0, 0.1) is 35.5 Å². The minimum atomic E-state index is -0.300. The highest BCUT2D eigenvalue weighted by Crippen LogP contribution is 2.43. The first-order valence-electron chi connectivity index (χ1n) is 13.1. The van der Waals surface area contributed by atoms with Crippen molar-refractivity contribution >= 4 is 11.9 Å². The van der Waals surface area contributed by atoms with E-state index in [-0.39, 0.29) is 11.9 Å². The Bertz CT molecular complexity index is 530. The Kier molecular flexibility index (Phi) is 12.1. The lowest BCUT2D eigenvalue weighted by Crippen LogP contribution is -2.28. The monoisotopic (exact) mass is 446 g/mol. The van der Waals surface area contributed by atoms with Crippen molar-refractivity contribution in [2.24, 2.45) is 35.5 Å². The van der Waals surface area contributed by atoms with Crippen molar-refractivity contribution in [3.05, 3.63) is 25.3 Å². The van der Waals surface area contributed by atoms with Gasteiger partial charge in [-0.1, -0.05) is 65.5 Å². The largest absolute Gasteiger partial charge is 0.462 e. The minimum Gasteiger partial charge on any atom is -0.462 e. The van der Waals surface area contributed by atoms with Crippen molar-refractivity contribution in [2.45, 2.75) is 90.9 Å². The molecule has 0 amide bonds. The third kappa shape index (κ3) is 9.11. The molecule has 2 atom stereocenters. The highest BCUT2D eigenvalue weighted by Gasteiger charge is 2.32. The first kappa shape index (κ1) is 26.7. The summed E-state index contributed by atoms with van der Waals surface area (Å²) in [6, 6.07) is 0. The average molecular weight is 447 g/mol. The van der Waals surface area contributed by atoms with Crippen LogP contribution in [-0.2, 0) is 19.1 Å². The lowest BCUT2D eigenvalue weighted by atomic mass is 9.67. The fourth-order valence-corrected chi connectivity index (χ4v) is 5.96. The SMILES string of the molecule is C=CC(=O)OCC(CC)CC1CCC(C2CCC(CC(CC)COC(=O)C=C)CC2)CC1. The topological polar surface area (TPSA) is 52.6 Å². The van der Waals surface area contributed by atoms with Gasteiger partial charge in [-0.3, -0.25) is 0 Å². The van der Waals surface area contributed by atoms with Gasteiger partial charge in [0, 0.05) is 12.2 Å². The van der Waals surface area contributed by atoms with Gasteiger partial charge >= 0.3 is 11.9 Å². The van der Waals surface area contributed by atoms with E-state index in [1.54, 1.807) is 0 Å². The van der Waals surface area contributed by atoms with E-state index >= 15 is 0 Å². The molecular weight excluding hydrogens is 400 g/mol. The summed E-state index contributed by atoms with van der Waals surface area (Å²) in [5, 5.41) is 0. The van der Waals surface area contributed by atoms with Gasteiger partial charge in [-0.15, -0.1) is 0 Å². The smallest absolute Gasteiger partial charge is 0.330 e. The van der Waals surface area contributed by atoms with Gasteiger partial charge < -0.3 is 9.47 Å². The van der Waals surface area contributed by atoms with Crippen LogP contribution >= 0.6 is 0 Å². The maximum atomic E-state index is 11.4. The lowest BCUT2D eigenvalue weighted by Gasteiger charge is -2.39. The van der Waals surface area contributed by atoms with Crippen LogP contribution in [0.15, 0.2) is 25.3 Å². The standard InChI is InChI=1S/C28H46O4/c1-5-21(19-31-27(29)7-3)17-23-9-13-25(14-10-23)26-15-11-24(12-16-26)18-22(6-2)20-32-28(30)8-4/h7-8,21-26H,3-6,9-20H2,1-2H3. The van der Waals surface area contributed by atoms with Crippen LogP contribution in [0.3, 0.4) is 0 Å². The lowest BCUT2D eigenvalue weighted by molar-refractivity contribution is -0.140. The van der Waals surface area contributed by atoms with Gasteiger partial charge in [-0.2, -0.15) is 0 Å². The van der Waals surface area contributed by atoms with E-state index in [0.717, 1.165) is 36.5 Å². The highest BCUT2D eigenvalue weighted by molar-refractivity contribution is 5.81. The summed E-state index contributed by atoms with van der Waals surface area (Å²) in [5.41, 5.74) is 0. The van der Waals surface area contributed by atoms with E-state index in [0.29, 0.717) is 25.0 Å². The Morgan fingerprint density at radius 3 is 1.34 bits per heavy atom. The van der Waals surface area contributed by atoms with E-state index in [1.165, 1.54) is 76.4 Å². The Morgan fingerprint density at radius 2 is 1.06 bits per heavy atom. The van der Waals surface area contributed by atoms with Crippen molar-refractivity contribution in [2.75, 3.05) is 13.2 Å². The summed E-state index contributed by atoms with van der Waals surface area (Å²) in [6.45, 7) is 12.4. The third-order valence-electron chi connectivity index (χ3n) is 8.19. The predicted molar refractivity (Wildman–Crippen MR) is 130 cm³/mol. The average Bonchev–Trinajstić information content (AvgIpc) is 2.84. The van der Waals surface area contributed by atoms with Crippen molar-refractivity contribution < 1.29 is 19.1 Å². The molecule has 2 rings (SSSR count). The molecule has 2 unspecified atom stereocenters. The van der Waals surface area contributed by atoms with Gasteiger partial charge in [0.25, 0.3) is 0 Å². The van der Waals surface area contributed by atoms with Gasteiger partial charge in [-0.25, -0.2) is 9.59 Å². The molecule has 4 heteroatoms. The van der Waals surface area contributed by atoms with Gasteiger partial charge in [0.2, 0.25) is 0 Å². The van der Waals surface area contributed by atoms with Crippen LogP contribution in [-0.4, -0.2) is 25.2 Å². The fourth-order valence-electron chi connectivity index (χ4n) is 5.96. The van der Waals surface area contributed by atoms with E-state index < -0.39 is 0 Å². The van der Waals surface area contributed by atoms with Gasteiger partial charge in [0.1, 0.15) is 0 Å². The van der Waals surface area contributed by atoms with Crippen LogP contribution in [0.25, 0.3) is 0 Å². The van der Waals surface area contributed by atoms with E-state index in [1.807, 2.05) is 0 Å². The molecule has 0 aliphatic heterocycles. The predicted octanol–water partition coefficient (Wildman–Crippen LogP) is 6.89. The van der Waals surface area contributed by atoms with Crippen LogP contribution < -0.4 is 0 Å². The third-order valence-corrected chi connectivity index (χ3v) is 8.19. The molecule has 0 N–H and O–H groups in total. The maximum absolute atomic E-state index is 11.4. The normalized spacial score (nSPS) is 27.7. The quantitative estimate of drug-likeness (QED) is 0.228. The second-order valence-electron chi connectivity index (χ2n) is 10.2. The number of ether oxygens (including phenoxy) is 2. The molecule has 2 fully saturated rings. The molecule has 0 aromatic rings. The van der Waals surface area contributed by atoms with Crippen molar-refractivity contribution in [3.63, 3.8) is 0 Å². The molecule has 2 saturated carbocycles. The van der Waals surface area contributed by atoms with E-state index in [2.05, 4.69) is 27.0 Å². The summed E-state index contributed by atoms with van der Waals surface area (Å²) in [5.74, 6) is 3.75. The second kappa shape index (κ2) is 14.5. The molecule has 0 saturated heterocycles. The number of hydrogen-bond donors (Lipinski definition) is 0. The number of rotatable bonds is 13. The molecule has 0 spiro atoms. The summed E-state index contributed by atoms with van der Waals surface area (Å²) >= 11 is 0. The molecule has 182 valence electrons. The van der Waals surface area contributed by atoms with Crippen molar-refractivity contribution in [1.82, 2.24) is 0 Å². The van der Waals surface area contributed by atoms with Crippen molar-refractivity contribution in [1.29, 1.82) is 0 Å². The minimum absolute atomic E-state index is 0.300. The van der Waals surface area contributed by atoms with Gasteiger partial charge in [0.05, 0.1) is 13.2 Å². The number of carbonyl (C=O) groups is 2. The Labute approximate surface area is 196 Å².